The average Bonchev–Trinajstić information content (AvgIpc) is 2.73. The van der Waals surface area contributed by atoms with Gasteiger partial charge < -0.3 is 4.74 Å². The van der Waals surface area contributed by atoms with E-state index in [-0.39, 0.29) is 11.1 Å². The van der Waals surface area contributed by atoms with Crippen molar-refractivity contribution in [2.24, 2.45) is 0 Å². The van der Waals surface area contributed by atoms with E-state index in [1.807, 2.05) is 0 Å². The van der Waals surface area contributed by atoms with Crippen LogP contribution in [0, 0.1) is 6.92 Å². The monoisotopic (exact) mass is 394 g/mol. The molecule has 0 saturated carbocycles. The molecule has 0 atom stereocenters. The van der Waals surface area contributed by atoms with Gasteiger partial charge in [-0.15, -0.1) is 0 Å². The summed E-state index contributed by atoms with van der Waals surface area (Å²) in [5.41, 5.74) is -0.682. The number of carbonyl (C=O) groups excluding carboxylic acids is 1. The van der Waals surface area contributed by atoms with Crippen molar-refractivity contribution in [3.8, 4) is 5.75 Å². The molecule has 0 fully saturated rings. The van der Waals surface area contributed by atoms with E-state index < -0.39 is 29.5 Å². The summed E-state index contributed by atoms with van der Waals surface area (Å²) in [6.07, 6.45) is 2.52. The number of carbonyl (C=O) groups is 1. The smallest absolute Gasteiger partial charge is 0.338 e. The van der Waals surface area contributed by atoms with Crippen LogP contribution >= 0.6 is 0 Å². The highest BCUT2D eigenvalue weighted by molar-refractivity contribution is 5.95. The summed E-state index contributed by atoms with van der Waals surface area (Å²) in [7, 11) is 1.53. The van der Waals surface area contributed by atoms with Crippen LogP contribution in [0.4, 0.5) is 4.39 Å². The minimum atomic E-state index is -0.896. The summed E-state index contributed by atoms with van der Waals surface area (Å²) < 4.78 is 21.1. The Morgan fingerprint density at radius 2 is 1.72 bits per heavy atom. The van der Waals surface area contributed by atoms with E-state index in [0.29, 0.717) is 15.9 Å². The first kappa shape index (κ1) is 20.0. The van der Waals surface area contributed by atoms with Crippen LogP contribution in [0.2, 0.25) is 0 Å². The van der Waals surface area contributed by atoms with Crippen molar-refractivity contribution in [2.45, 2.75) is 13.5 Å². The van der Waals surface area contributed by atoms with Gasteiger partial charge in [-0.1, -0.05) is 30.3 Å². The van der Waals surface area contributed by atoms with Crippen molar-refractivity contribution < 1.29 is 13.9 Å². The van der Waals surface area contributed by atoms with Crippen LogP contribution in [0.3, 0.4) is 0 Å². The zero-order valence-electron chi connectivity index (χ0n) is 16.0. The molecule has 1 aromatic heterocycles. The lowest BCUT2D eigenvalue weighted by molar-refractivity contribution is 0.0948. The predicted molar refractivity (Wildman–Crippen MR) is 108 cm³/mol. The predicted octanol–water partition coefficient (Wildman–Crippen LogP) is 3.03. The van der Waals surface area contributed by atoms with Gasteiger partial charge in [0.1, 0.15) is 11.6 Å². The lowest BCUT2D eigenvalue weighted by Crippen LogP contribution is -2.44. The van der Waals surface area contributed by atoms with Crippen LogP contribution in [0.1, 0.15) is 21.5 Å². The van der Waals surface area contributed by atoms with Crippen LogP contribution in [0.5, 0.6) is 5.75 Å². The Bertz CT molecular complexity index is 1180. The molecule has 0 bridgehead atoms. The molecule has 148 valence electrons. The first-order valence-corrected chi connectivity index (χ1v) is 8.83. The fourth-order valence-electron chi connectivity index (χ4n) is 2.83. The molecule has 2 aromatic carbocycles. The summed E-state index contributed by atoms with van der Waals surface area (Å²) in [6.45, 7) is 1.06. The Labute approximate surface area is 166 Å². The van der Waals surface area contributed by atoms with E-state index in [9.17, 15) is 18.8 Å². The Hall–Kier alpha value is -3.74. The molecule has 0 radical (unpaired) electrons. The fraction of sp³-hybridized carbons (Fsp3) is 0.136. The van der Waals surface area contributed by atoms with Crippen molar-refractivity contribution in [2.75, 3.05) is 7.11 Å². The molecule has 0 spiro atoms. The lowest BCUT2D eigenvalue weighted by atomic mass is 10.2. The van der Waals surface area contributed by atoms with Gasteiger partial charge in [-0.3, -0.25) is 14.2 Å². The Morgan fingerprint density at radius 3 is 2.34 bits per heavy atom. The minimum Gasteiger partial charge on any atom is -0.497 e. The van der Waals surface area contributed by atoms with Crippen molar-refractivity contribution in [3.05, 3.63) is 104 Å². The van der Waals surface area contributed by atoms with Crippen LogP contribution in [0.15, 0.2) is 76.2 Å². The van der Waals surface area contributed by atoms with Gasteiger partial charge in [0.25, 0.3) is 11.5 Å². The minimum absolute atomic E-state index is 0.158. The van der Waals surface area contributed by atoms with Crippen LogP contribution in [0.25, 0.3) is 6.08 Å². The van der Waals surface area contributed by atoms with Gasteiger partial charge in [0.05, 0.1) is 13.7 Å². The van der Waals surface area contributed by atoms with Gasteiger partial charge in [0.15, 0.2) is 0 Å². The van der Waals surface area contributed by atoms with E-state index >= 15 is 0 Å². The molecule has 0 amide bonds. The number of aromatic nitrogens is 2. The van der Waals surface area contributed by atoms with E-state index in [1.165, 1.54) is 38.4 Å². The SMILES string of the molecule is COc1ccc(/C=C(\F)Cn2cc(C)c(=O)n(C(=O)c3ccccc3)c2=O)cc1. The molecule has 0 N–H and O–H groups in total. The quantitative estimate of drug-likeness (QED) is 0.667. The third-order valence-electron chi connectivity index (χ3n) is 4.31. The normalized spacial score (nSPS) is 11.3. The van der Waals surface area contributed by atoms with Crippen molar-refractivity contribution in [1.29, 1.82) is 0 Å². The zero-order valence-corrected chi connectivity index (χ0v) is 16.0. The second kappa shape index (κ2) is 8.52. The number of ether oxygens (including phenoxy) is 1. The van der Waals surface area contributed by atoms with Gasteiger partial charge in [-0.2, -0.15) is 4.57 Å². The highest BCUT2D eigenvalue weighted by atomic mass is 19.1. The van der Waals surface area contributed by atoms with Crippen molar-refractivity contribution >= 4 is 12.0 Å². The number of hydrogen-bond donors (Lipinski definition) is 0. The van der Waals surface area contributed by atoms with Gasteiger partial charge in [-0.05, 0) is 42.8 Å². The molecule has 3 aromatic rings. The van der Waals surface area contributed by atoms with Crippen molar-refractivity contribution in [3.63, 3.8) is 0 Å². The van der Waals surface area contributed by atoms with Crippen molar-refractivity contribution in [1.82, 2.24) is 9.13 Å². The molecule has 0 unspecified atom stereocenters. The highest BCUT2D eigenvalue weighted by Crippen LogP contribution is 2.15. The van der Waals surface area contributed by atoms with E-state index in [2.05, 4.69) is 0 Å². The first-order chi connectivity index (χ1) is 13.9. The summed E-state index contributed by atoms with van der Waals surface area (Å²) in [5, 5.41) is 0. The third-order valence-corrected chi connectivity index (χ3v) is 4.31. The first-order valence-electron chi connectivity index (χ1n) is 8.83. The molecule has 0 aliphatic heterocycles. The average molecular weight is 394 g/mol. The summed E-state index contributed by atoms with van der Waals surface area (Å²) in [4.78, 5) is 37.8. The molecule has 0 saturated heterocycles. The third kappa shape index (κ3) is 4.40. The van der Waals surface area contributed by atoms with E-state index in [0.717, 1.165) is 4.57 Å². The molecule has 3 rings (SSSR count). The summed E-state index contributed by atoms with van der Waals surface area (Å²) >= 11 is 0. The molecular weight excluding hydrogens is 375 g/mol. The molecular formula is C22H19FN2O4. The number of halogens is 1. The Balaban J connectivity index is 1.97. The number of aryl methyl sites for hydroxylation is 1. The molecule has 1 heterocycles. The summed E-state index contributed by atoms with van der Waals surface area (Å²) in [6, 6.07) is 14.7. The van der Waals surface area contributed by atoms with E-state index in [1.54, 1.807) is 42.5 Å². The highest BCUT2D eigenvalue weighted by Gasteiger charge is 2.17. The second-order valence-corrected chi connectivity index (χ2v) is 6.40. The van der Waals surface area contributed by atoms with E-state index in [4.69, 9.17) is 4.74 Å². The number of benzene rings is 2. The maximum atomic E-state index is 14.5. The number of rotatable bonds is 5. The van der Waals surface area contributed by atoms with Gasteiger partial charge in [0, 0.05) is 17.3 Å². The molecule has 0 aliphatic rings. The summed E-state index contributed by atoms with van der Waals surface area (Å²) in [5.74, 6) is -0.715. The van der Waals surface area contributed by atoms with Gasteiger partial charge >= 0.3 is 5.69 Å². The number of hydrogen-bond acceptors (Lipinski definition) is 4. The number of methoxy groups -OCH3 is 1. The van der Waals surface area contributed by atoms with Crippen LogP contribution < -0.4 is 16.0 Å². The number of allylic oxidation sites excluding steroid dienone is 1. The number of nitrogens with zero attached hydrogens (tertiary/aromatic N) is 2. The van der Waals surface area contributed by atoms with Crippen LogP contribution in [-0.2, 0) is 6.54 Å². The maximum Gasteiger partial charge on any atom is 0.338 e. The molecule has 7 heteroatoms. The van der Waals surface area contributed by atoms with Crippen LogP contribution in [-0.4, -0.2) is 22.2 Å². The fourth-order valence-corrected chi connectivity index (χ4v) is 2.83. The second-order valence-electron chi connectivity index (χ2n) is 6.40. The standard InChI is InChI=1S/C22H19FN2O4/c1-15-13-24(14-18(23)12-16-8-10-19(29-2)11-9-16)22(28)25(20(15)26)21(27)17-6-4-3-5-7-17/h3-13H,14H2,1-2H3/b18-12-. The maximum absolute atomic E-state index is 14.5. The Kier molecular flexibility index (Phi) is 5.87. The topological polar surface area (TPSA) is 70.3 Å². The van der Waals surface area contributed by atoms with Gasteiger partial charge in [0.2, 0.25) is 0 Å². The molecule has 6 nitrogen and oxygen atoms in total. The molecule has 0 aliphatic carbocycles. The van der Waals surface area contributed by atoms with Gasteiger partial charge in [-0.25, -0.2) is 9.18 Å². The largest absolute Gasteiger partial charge is 0.497 e. The lowest BCUT2D eigenvalue weighted by Gasteiger charge is -2.10. The zero-order chi connectivity index (χ0) is 21.0. The molecule has 29 heavy (non-hydrogen) atoms. The Morgan fingerprint density at radius 1 is 1.07 bits per heavy atom.